The SMILES string of the molecule is CCn1nccc1/C=C1\C[C@@H]2[C@H]3CC[C@H]4C[C@H](O)CC[C@]4(C)[C@@H]3CC[C@]2(C)C1=O. The molecule has 0 aromatic carbocycles. The first kappa shape index (κ1) is 19.5. The van der Waals surface area contributed by atoms with E-state index in [4.69, 9.17) is 0 Å². The Kier molecular flexibility index (Phi) is 4.58. The van der Waals surface area contributed by atoms with E-state index in [1.165, 1.54) is 19.3 Å². The summed E-state index contributed by atoms with van der Waals surface area (Å²) in [6, 6.07) is 2.02. The van der Waals surface area contributed by atoms with E-state index in [0.29, 0.717) is 29.0 Å². The second-order valence-corrected chi connectivity index (χ2v) is 10.8. The lowest BCUT2D eigenvalue weighted by molar-refractivity contribution is -0.141. The molecule has 158 valence electrons. The molecule has 4 heteroatoms. The van der Waals surface area contributed by atoms with E-state index in [1.54, 1.807) is 0 Å². The third-order valence-electron chi connectivity index (χ3n) is 9.65. The average Bonchev–Trinajstić information content (AvgIpc) is 3.25. The first-order chi connectivity index (χ1) is 13.9. The van der Waals surface area contributed by atoms with Gasteiger partial charge in [0.1, 0.15) is 0 Å². The van der Waals surface area contributed by atoms with Crippen LogP contribution in [0.3, 0.4) is 0 Å². The molecule has 1 aromatic rings. The molecule has 4 fully saturated rings. The number of hydrogen-bond acceptors (Lipinski definition) is 3. The van der Waals surface area contributed by atoms with Crippen molar-refractivity contribution in [3.8, 4) is 0 Å². The van der Waals surface area contributed by atoms with Gasteiger partial charge in [-0.05, 0) is 105 Å². The fourth-order valence-electron chi connectivity index (χ4n) is 7.94. The number of ketones is 1. The fourth-order valence-corrected chi connectivity index (χ4v) is 7.94. The number of aromatic nitrogens is 2. The van der Waals surface area contributed by atoms with Crippen LogP contribution in [0, 0.1) is 34.5 Å². The monoisotopic (exact) mass is 396 g/mol. The van der Waals surface area contributed by atoms with Crippen LogP contribution in [0.5, 0.6) is 0 Å². The molecule has 1 aromatic heterocycles. The summed E-state index contributed by atoms with van der Waals surface area (Å²) in [7, 11) is 0. The fraction of sp³-hybridized carbons (Fsp3) is 0.760. The highest BCUT2D eigenvalue weighted by Crippen LogP contribution is 2.66. The molecule has 0 spiro atoms. The Balaban J connectivity index is 1.45. The van der Waals surface area contributed by atoms with E-state index < -0.39 is 0 Å². The van der Waals surface area contributed by atoms with Crippen LogP contribution in [0.1, 0.15) is 77.8 Å². The zero-order valence-corrected chi connectivity index (χ0v) is 18.2. The van der Waals surface area contributed by atoms with E-state index in [2.05, 4.69) is 31.9 Å². The Morgan fingerprint density at radius 1 is 1.21 bits per heavy atom. The molecule has 1 N–H and O–H groups in total. The smallest absolute Gasteiger partial charge is 0.165 e. The summed E-state index contributed by atoms with van der Waals surface area (Å²) in [6.07, 6.45) is 12.6. The summed E-state index contributed by atoms with van der Waals surface area (Å²) in [5.41, 5.74) is 2.27. The molecular formula is C25H36N2O2. The second-order valence-electron chi connectivity index (χ2n) is 10.8. The first-order valence-corrected chi connectivity index (χ1v) is 11.8. The molecule has 0 unspecified atom stereocenters. The number of hydrogen-bond donors (Lipinski definition) is 1. The second kappa shape index (κ2) is 6.80. The van der Waals surface area contributed by atoms with Crippen LogP contribution in [-0.4, -0.2) is 26.8 Å². The Morgan fingerprint density at radius 2 is 2.03 bits per heavy atom. The van der Waals surface area contributed by atoms with Crippen LogP contribution in [-0.2, 0) is 11.3 Å². The van der Waals surface area contributed by atoms with Crippen LogP contribution < -0.4 is 0 Å². The number of aliphatic hydroxyl groups is 1. The molecule has 4 nitrogen and oxygen atoms in total. The van der Waals surface area contributed by atoms with E-state index in [0.717, 1.165) is 55.8 Å². The van der Waals surface area contributed by atoms with Crippen LogP contribution in [0.15, 0.2) is 17.8 Å². The van der Waals surface area contributed by atoms with Crippen molar-refractivity contribution in [2.45, 2.75) is 84.8 Å². The van der Waals surface area contributed by atoms with Crippen molar-refractivity contribution in [3.63, 3.8) is 0 Å². The Labute approximate surface area is 174 Å². The van der Waals surface area contributed by atoms with Gasteiger partial charge in [-0.3, -0.25) is 9.48 Å². The Hall–Kier alpha value is -1.42. The number of aryl methyl sites for hydroxylation is 1. The summed E-state index contributed by atoms with van der Waals surface area (Å²) < 4.78 is 1.98. The minimum atomic E-state index is -0.179. The molecule has 0 aliphatic heterocycles. The summed E-state index contributed by atoms with van der Waals surface area (Å²) in [5.74, 6) is 2.94. The predicted octanol–water partition coefficient (Wildman–Crippen LogP) is 4.87. The lowest BCUT2D eigenvalue weighted by atomic mass is 9.45. The summed E-state index contributed by atoms with van der Waals surface area (Å²) in [5, 5.41) is 14.6. The van der Waals surface area contributed by atoms with Gasteiger partial charge in [0, 0.05) is 18.2 Å². The molecule has 4 aliphatic carbocycles. The van der Waals surface area contributed by atoms with Gasteiger partial charge in [0.15, 0.2) is 5.78 Å². The van der Waals surface area contributed by atoms with E-state index in [-0.39, 0.29) is 11.5 Å². The zero-order valence-electron chi connectivity index (χ0n) is 18.2. The van der Waals surface area contributed by atoms with Gasteiger partial charge < -0.3 is 5.11 Å². The molecule has 0 radical (unpaired) electrons. The maximum Gasteiger partial charge on any atom is 0.165 e. The van der Waals surface area contributed by atoms with E-state index in [1.807, 2.05) is 16.9 Å². The summed E-state index contributed by atoms with van der Waals surface area (Å²) in [6.45, 7) is 7.69. The molecule has 29 heavy (non-hydrogen) atoms. The van der Waals surface area contributed by atoms with Crippen LogP contribution in [0.4, 0.5) is 0 Å². The van der Waals surface area contributed by atoms with Crippen LogP contribution in [0.25, 0.3) is 6.08 Å². The van der Waals surface area contributed by atoms with Crippen LogP contribution >= 0.6 is 0 Å². The minimum Gasteiger partial charge on any atom is -0.393 e. The van der Waals surface area contributed by atoms with E-state index >= 15 is 0 Å². The summed E-state index contributed by atoms with van der Waals surface area (Å²) >= 11 is 0. The zero-order chi connectivity index (χ0) is 20.4. The number of carbonyl (C=O) groups is 1. The molecule has 0 saturated heterocycles. The quantitative estimate of drug-likeness (QED) is 0.726. The molecular weight excluding hydrogens is 360 g/mol. The lowest BCUT2D eigenvalue weighted by Crippen LogP contribution is -2.54. The van der Waals surface area contributed by atoms with Gasteiger partial charge in [0.05, 0.1) is 11.8 Å². The first-order valence-electron chi connectivity index (χ1n) is 11.8. The Morgan fingerprint density at radius 3 is 2.83 bits per heavy atom. The molecule has 4 aliphatic rings. The highest BCUT2D eigenvalue weighted by molar-refractivity contribution is 6.05. The number of nitrogens with zero attached hydrogens (tertiary/aromatic N) is 2. The number of carbonyl (C=O) groups excluding carboxylic acids is 1. The highest BCUT2D eigenvalue weighted by Gasteiger charge is 2.61. The molecule has 1 heterocycles. The number of aliphatic hydroxyl groups excluding tert-OH is 1. The van der Waals surface area contributed by atoms with Crippen molar-refractivity contribution in [1.82, 2.24) is 9.78 Å². The number of rotatable bonds is 2. The number of fused-ring (bicyclic) bond motifs is 5. The molecule has 0 bridgehead atoms. The molecule has 0 amide bonds. The third kappa shape index (κ3) is 2.81. The number of Topliss-reactive ketones (excluding diaryl/α,β-unsaturated/α-hetero) is 1. The lowest BCUT2D eigenvalue weighted by Gasteiger charge is -2.59. The largest absolute Gasteiger partial charge is 0.393 e. The van der Waals surface area contributed by atoms with Gasteiger partial charge in [-0.1, -0.05) is 13.8 Å². The van der Waals surface area contributed by atoms with Gasteiger partial charge >= 0.3 is 0 Å². The van der Waals surface area contributed by atoms with Crippen molar-refractivity contribution in [2.75, 3.05) is 0 Å². The van der Waals surface area contributed by atoms with Crippen molar-refractivity contribution in [1.29, 1.82) is 0 Å². The molecule has 5 rings (SSSR count). The van der Waals surface area contributed by atoms with Crippen molar-refractivity contribution in [2.24, 2.45) is 34.5 Å². The van der Waals surface area contributed by atoms with Gasteiger partial charge in [0.2, 0.25) is 0 Å². The number of allylic oxidation sites excluding steroid dienone is 1. The predicted molar refractivity (Wildman–Crippen MR) is 114 cm³/mol. The van der Waals surface area contributed by atoms with Gasteiger partial charge in [-0.2, -0.15) is 5.10 Å². The Bertz CT molecular complexity index is 842. The van der Waals surface area contributed by atoms with Crippen molar-refractivity contribution < 1.29 is 9.90 Å². The molecule has 4 saturated carbocycles. The molecule has 7 atom stereocenters. The van der Waals surface area contributed by atoms with Crippen molar-refractivity contribution >= 4 is 11.9 Å². The normalized spacial score (nSPS) is 45.7. The third-order valence-corrected chi connectivity index (χ3v) is 9.65. The highest BCUT2D eigenvalue weighted by atomic mass is 16.3. The van der Waals surface area contributed by atoms with Gasteiger partial charge in [-0.15, -0.1) is 0 Å². The summed E-state index contributed by atoms with van der Waals surface area (Å²) in [4.78, 5) is 13.5. The maximum atomic E-state index is 13.5. The van der Waals surface area contributed by atoms with Gasteiger partial charge in [-0.25, -0.2) is 0 Å². The average molecular weight is 397 g/mol. The van der Waals surface area contributed by atoms with E-state index in [9.17, 15) is 9.90 Å². The van der Waals surface area contributed by atoms with Crippen molar-refractivity contribution in [3.05, 3.63) is 23.5 Å². The van der Waals surface area contributed by atoms with Gasteiger partial charge in [0.25, 0.3) is 0 Å². The minimum absolute atomic E-state index is 0.0931. The topological polar surface area (TPSA) is 55.1 Å². The van der Waals surface area contributed by atoms with Crippen LogP contribution in [0.2, 0.25) is 0 Å². The standard InChI is InChI=1S/C25H36N2O2/c1-4-27-18(9-12-26-27)13-16-14-22-20-6-5-17-15-19(28)7-10-24(17,2)21(20)8-11-25(22,3)23(16)29/h9,12-13,17,19-22,28H,4-8,10-11,14-15H2,1-3H3/b16-13+/t17-,19+,20-,21+,22+,24-,25-/m0/s1. The maximum absolute atomic E-state index is 13.5.